The van der Waals surface area contributed by atoms with Crippen molar-refractivity contribution in [1.29, 1.82) is 0 Å². The van der Waals surface area contributed by atoms with Crippen molar-refractivity contribution >= 4 is 0 Å². The van der Waals surface area contributed by atoms with Crippen LogP contribution in [0.5, 0.6) is 11.5 Å². The van der Waals surface area contributed by atoms with Crippen molar-refractivity contribution < 1.29 is 9.84 Å². The zero-order valence-electron chi connectivity index (χ0n) is 11.5. The molecule has 18 heavy (non-hydrogen) atoms. The number of hydrogen-bond acceptors (Lipinski definition) is 2. The van der Waals surface area contributed by atoms with Crippen molar-refractivity contribution in [3.05, 3.63) is 23.8 Å². The molecule has 2 rings (SSSR count). The van der Waals surface area contributed by atoms with Crippen LogP contribution in [-0.4, -0.2) is 11.2 Å². The van der Waals surface area contributed by atoms with Crippen LogP contribution in [0, 0.1) is 5.92 Å². The van der Waals surface area contributed by atoms with Gasteiger partial charge in [-0.15, -0.1) is 0 Å². The molecule has 2 nitrogen and oxygen atoms in total. The molecule has 100 valence electrons. The van der Waals surface area contributed by atoms with E-state index >= 15 is 0 Å². The Bertz CT molecular complexity index is 379. The average molecular weight is 248 g/mol. The number of benzene rings is 1. The van der Waals surface area contributed by atoms with Crippen LogP contribution in [0.1, 0.15) is 51.5 Å². The van der Waals surface area contributed by atoms with Crippen molar-refractivity contribution in [3.8, 4) is 11.5 Å². The molecule has 2 heteroatoms. The highest BCUT2D eigenvalue weighted by Gasteiger charge is 2.18. The number of aromatic hydroxyl groups is 1. The zero-order chi connectivity index (χ0) is 13.0. The lowest BCUT2D eigenvalue weighted by molar-refractivity contribution is 0.236. The Morgan fingerprint density at radius 1 is 1.22 bits per heavy atom. The van der Waals surface area contributed by atoms with Crippen molar-refractivity contribution in [3.63, 3.8) is 0 Å². The second-order valence-electron chi connectivity index (χ2n) is 5.63. The van der Waals surface area contributed by atoms with Gasteiger partial charge in [0.25, 0.3) is 0 Å². The monoisotopic (exact) mass is 248 g/mol. The van der Waals surface area contributed by atoms with Crippen molar-refractivity contribution in [1.82, 2.24) is 0 Å². The molecule has 1 aromatic rings. The van der Waals surface area contributed by atoms with Gasteiger partial charge in [-0.25, -0.2) is 0 Å². The van der Waals surface area contributed by atoms with Gasteiger partial charge in [-0.1, -0.05) is 38.2 Å². The molecule has 0 amide bonds. The first kappa shape index (κ1) is 13.3. The Hall–Kier alpha value is -1.18. The van der Waals surface area contributed by atoms with Gasteiger partial charge in [0.2, 0.25) is 0 Å². The first-order valence-corrected chi connectivity index (χ1v) is 7.14. The van der Waals surface area contributed by atoms with Crippen molar-refractivity contribution in [2.24, 2.45) is 5.92 Å². The highest BCUT2D eigenvalue weighted by atomic mass is 16.5. The fraction of sp³-hybridized carbons (Fsp3) is 0.625. The van der Waals surface area contributed by atoms with E-state index in [2.05, 4.69) is 0 Å². The van der Waals surface area contributed by atoms with E-state index in [9.17, 15) is 5.11 Å². The standard InChI is InChI=1S/C16H24O2/c1-12(2)18-16-10-6-9-15(17)14(16)11-13-7-4-3-5-8-13/h6,9-10,12-13,17H,3-5,7-8,11H2,1-2H3. The summed E-state index contributed by atoms with van der Waals surface area (Å²) in [5, 5.41) is 10.1. The molecule has 0 aromatic heterocycles. The lowest BCUT2D eigenvalue weighted by atomic mass is 9.84. The molecule has 0 bridgehead atoms. The highest BCUT2D eigenvalue weighted by Crippen LogP contribution is 2.35. The number of ether oxygens (including phenoxy) is 1. The molecule has 0 spiro atoms. The predicted molar refractivity (Wildman–Crippen MR) is 74.1 cm³/mol. The molecule has 1 aliphatic rings. The summed E-state index contributed by atoms with van der Waals surface area (Å²) in [5.41, 5.74) is 0.998. The molecule has 0 unspecified atom stereocenters. The van der Waals surface area contributed by atoms with Gasteiger partial charge in [-0.05, 0) is 38.3 Å². The van der Waals surface area contributed by atoms with Gasteiger partial charge < -0.3 is 9.84 Å². The molecule has 0 saturated heterocycles. The SMILES string of the molecule is CC(C)Oc1cccc(O)c1CC1CCCCC1. The second kappa shape index (κ2) is 6.12. The molecule has 1 N–H and O–H groups in total. The number of hydrogen-bond donors (Lipinski definition) is 1. The van der Waals surface area contributed by atoms with Crippen LogP contribution >= 0.6 is 0 Å². The van der Waals surface area contributed by atoms with Gasteiger partial charge in [0.1, 0.15) is 11.5 Å². The normalized spacial score (nSPS) is 17.1. The zero-order valence-corrected chi connectivity index (χ0v) is 11.5. The van der Waals surface area contributed by atoms with E-state index in [1.54, 1.807) is 6.07 Å². The van der Waals surface area contributed by atoms with Crippen LogP contribution in [0.2, 0.25) is 0 Å². The largest absolute Gasteiger partial charge is 0.508 e. The van der Waals surface area contributed by atoms with E-state index in [-0.39, 0.29) is 6.10 Å². The smallest absolute Gasteiger partial charge is 0.126 e. The van der Waals surface area contributed by atoms with Gasteiger partial charge in [-0.3, -0.25) is 0 Å². The Morgan fingerprint density at radius 2 is 1.94 bits per heavy atom. The summed E-state index contributed by atoms with van der Waals surface area (Å²) in [4.78, 5) is 0. The van der Waals surface area contributed by atoms with Crippen LogP contribution in [0.25, 0.3) is 0 Å². The summed E-state index contributed by atoms with van der Waals surface area (Å²) >= 11 is 0. The number of phenolic OH excluding ortho intramolecular Hbond substituents is 1. The van der Waals surface area contributed by atoms with Gasteiger partial charge in [0.05, 0.1) is 6.10 Å². The van der Waals surface area contributed by atoms with Gasteiger partial charge >= 0.3 is 0 Å². The molecule has 0 atom stereocenters. The van der Waals surface area contributed by atoms with Crippen molar-refractivity contribution in [2.75, 3.05) is 0 Å². The number of phenols is 1. The van der Waals surface area contributed by atoms with E-state index in [1.807, 2.05) is 26.0 Å². The van der Waals surface area contributed by atoms with Gasteiger partial charge in [-0.2, -0.15) is 0 Å². The number of rotatable bonds is 4. The van der Waals surface area contributed by atoms with Crippen LogP contribution in [0.15, 0.2) is 18.2 Å². The molecular formula is C16H24O2. The summed E-state index contributed by atoms with van der Waals surface area (Å²) < 4.78 is 5.81. The van der Waals surface area contributed by atoms with Gasteiger partial charge in [0.15, 0.2) is 0 Å². The fourth-order valence-electron chi connectivity index (χ4n) is 2.80. The Balaban J connectivity index is 2.13. The van der Waals surface area contributed by atoms with Crippen LogP contribution in [-0.2, 0) is 6.42 Å². The van der Waals surface area contributed by atoms with E-state index in [0.717, 1.165) is 17.7 Å². The van der Waals surface area contributed by atoms with E-state index in [4.69, 9.17) is 4.74 Å². The quantitative estimate of drug-likeness (QED) is 0.860. The predicted octanol–water partition coefficient (Wildman–Crippen LogP) is 4.30. The molecule has 1 saturated carbocycles. The summed E-state index contributed by atoms with van der Waals surface area (Å²) in [6.07, 6.45) is 7.71. The third kappa shape index (κ3) is 3.41. The first-order valence-electron chi connectivity index (χ1n) is 7.14. The molecule has 0 heterocycles. The topological polar surface area (TPSA) is 29.5 Å². The second-order valence-corrected chi connectivity index (χ2v) is 5.63. The van der Waals surface area contributed by atoms with E-state index in [1.165, 1.54) is 32.1 Å². The molecule has 1 aliphatic carbocycles. The molecular weight excluding hydrogens is 224 g/mol. The Morgan fingerprint density at radius 3 is 2.61 bits per heavy atom. The summed E-state index contributed by atoms with van der Waals surface area (Å²) in [5.74, 6) is 1.95. The maximum atomic E-state index is 10.1. The van der Waals surface area contributed by atoms with E-state index < -0.39 is 0 Å². The average Bonchev–Trinajstić information content (AvgIpc) is 2.34. The minimum absolute atomic E-state index is 0.150. The van der Waals surface area contributed by atoms with Crippen LogP contribution in [0.4, 0.5) is 0 Å². The summed E-state index contributed by atoms with van der Waals surface area (Å²) in [6, 6.07) is 5.60. The third-order valence-electron chi connectivity index (χ3n) is 3.69. The Kier molecular flexibility index (Phi) is 4.51. The van der Waals surface area contributed by atoms with Gasteiger partial charge in [0, 0.05) is 5.56 Å². The maximum absolute atomic E-state index is 10.1. The first-order chi connectivity index (χ1) is 8.66. The minimum Gasteiger partial charge on any atom is -0.508 e. The fourth-order valence-corrected chi connectivity index (χ4v) is 2.80. The van der Waals surface area contributed by atoms with Crippen molar-refractivity contribution in [2.45, 2.75) is 58.5 Å². The summed E-state index contributed by atoms with van der Waals surface area (Å²) in [6.45, 7) is 4.04. The maximum Gasteiger partial charge on any atom is 0.126 e. The Labute approximate surface area is 110 Å². The molecule has 0 aliphatic heterocycles. The van der Waals surface area contributed by atoms with Crippen LogP contribution in [0.3, 0.4) is 0 Å². The molecule has 1 aromatic carbocycles. The van der Waals surface area contributed by atoms with Crippen LogP contribution < -0.4 is 4.74 Å². The lowest BCUT2D eigenvalue weighted by Gasteiger charge is -2.23. The third-order valence-corrected chi connectivity index (χ3v) is 3.69. The van der Waals surface area contributed by atoms with E-state index in [0.29, 0.717) is 11.7 Å². The minimum atomic E-state index is 0.150. The molecule has 0 radical (unpaired) electrons. The highest BCUT2D eigenvalue weighted by molar-refractivity contribution is 5.44. The summed E-state index contributed by atoms with van der Waals surface area (Å²) in [7, 11) is 0. The lowest BCUT2D eigenvalue weighted by Crippen LogP contribution is -2.12. The molecule has 1 fully saturated rings.